The molecule has 0 spiro atoms. The maximum absolute atomic E-state index is 13.6. The standard InChI is InChI=1S/C12H16FN3O4S/c1-12(7-14,8-5-6-8)15-21(19,20)10-4-2-3-9(13)11(10)16(17)18/h2-4,8,15H,5-7,14H2,1H3. The predicted molar refractivity (Wildman–Crippen MR) is 73.6 cm³/mol. The maximum Gasteiger partial charge on any atom is 0.324 e. The van der Waals surface area contributed by atoms with Gasteiger partial charge in [0, 0.05) is 12.1 Å². The number of hydrogen-bond donors (Lipinski definition) is 2. The van der Waals surface area contributed by atoms with Gasteiger partial charge in [-0.05, 0) is 37.8 Å². The first kappa shape index (κ1) is 15.8. The molecule has 1 aliphatic carbocycles. The van der Waals surface area contributed by atoms with Gasteiger partial charge in [0.1, 0.15) is 0 Å². The van der Waals surface area contributed by atoms with Crippen molar-refractivity contribution in [1.82, 2.24) is 4.72 Å². The van der Waals surface area contributed by atoms with Gasteiger partial charge in [-0.2, -0.15) is 4.39 Å². The van der Waals surface area contributed by atoms with E-state index >= 15 is 0 Å². The quantitative estimate of drug-likeness (QED) is 0.603. The average molecular weight is 317 g/mol. The molecule has 2 rings (SSSR count). The van der Waals surface area contributed by atoms with Crippen LogP contribution in [0.3, 0.4) is 0 Å². The van der Waals surface area contributed by atoms with E-state index in [1.165, 1.54) is 0 Å². The van der Waals surface area contributed by atoms with Crippen LogP contribution >= 0.6 is 0 Å². The summed E-state index contributed by atoms with van der Waals surface area (Å²) in [6.45, 7) is 1.70. The number of benzene rings is 1. The van der Waals surface area contributed by atoms with Crippen LogP contribution in [0.4, 0.5) is 10.1 Å². The van der Waals surface area contributed by atoms with Crippen molar-refractivity contribution in [1.29, 1.82) is 0 Å². The van der Waals surface area contributed by atoms with Crippen molar-refractivity contribution >= 4 is 15.7 Å². The largest absolute Gasteiger partial charge is 0.329 e. The van der Waals surface area contributed by atoms with Crippen molar-refractivity contribution in [2.45, 2.75) is 30.2 Å². The van der Waals surface area contributed by atoms with Gasteiger partial charge in [-0.3, -0.25) is 10.1 Å². The number of hydrogen-bond acceptors (Lipinski definition) is 5. The fourth-order valence-electron chi connectivity index (χ4n) is 2.26. The summed E-state index contributed by atoms with van der Waals surface area (Å²) in [5.74, 6) is -1.10. The monoisotopic (exact) mass is 317 g/mol. The minimum Gasteiger partial charge on any atom is -0.329 e. The predicted octanol–water partition coefficient (Wildman–Crippen LogP) is 1.14. The van der Waals surface area contributed by atoms with Crippen LogP contribution in [0, 0.1) is 21.8 Å². The lowest BCUT2D eigenvalue weighted by molar-refractivity contribution is -0.390. The van der Waals surface area contributed by atoms with Gasteiger partial charge >= 0.3 is 5.69 Å². The lowest BCUT2D eigenvalue weighted by Crippen LogP contribution is -2.53. The Hall–Kier alpha value is -1.58. The van der Waals surface area contributed by atoms with Crippen LogP contribution in [0.25, 0.3) is 0 Å². The first-order valence-corrected chi connectivity index (χ1v) is 7.86. The SMILES string of the molecule is CC(CN)(NS(=O)(=O)c1cccc(F)c1[N+](=O)[O-])C1CC1. The molecule has 0 aromatic heterocycles. The Morgan fingerprint density at radius 1 is 1.52 bits per heavy atom. The number of nitrogens with one attached hydrogen (secondary N) is 1. The second-order valence-corrected chi connectivity index (χ2v) is 7.00. The molecule has 1 aromatic rings. The number of nitro groups is 1. The molecule has 7 nitrogen and oxygen atoms in total. The molecule has 0 heterocycles. The van der Waals surface area contributed by atoms with Crippen molar-refractivity contribution in [2.24, 2.45) is 11.7 Å². The van der Waals surface area contributed by atoms with Crippen molar-refractivity contribution in [3.05, 3.63) is 34.1 Å². The summed E-state index contributed by atoms with van der Waals surface area (Å²) in [6.07, 6.45) is 1.67. The first-order valence-electron chi connectivity index (χ1n) is 6.38. The smallest absolute Gasteiger partial charge is 0.324 e. The van der Waals surface area contributed by atoms with E-state index in [1.54, 1.807) is 6.92 Å². The molecule has 0 aliphatic heterocycles. The molecule has 1 aromatic carbocycles. The van der Waals surface area contributed by atoms with E-state index in [9.17, 15) is 22.9 Å². The summed E-state index contributed by atoms with van der Waals surface area (Å²) < 4.78 is 40.7. The molecule has 1 saturated carbocycles. The molecule has 1 atom stereocenters. The van der Waals surface area contributed by atoms with E-state index in [0.717, 1.165) is 31.0 Å². The zero-order valence-electron chi connectivity index (χ0n) is 11.4. The molecule has 0 radical (unpaired) electrons. The van der Waals surface area contributed by atoms with Crippen LogP contribution < -0.4 is 10.5 Å². The van der Waals surface area contributed by atoms with Gasteiger partial charge < -0.3 is 5.73 Å². The zero-order valence-corrected chi connectivity index (χ0v) is 12.2. The van der Waals surface area contributed by atoms with Gasteiger partial charge in [0.25, 0.3) is 0 Å². The highest BCUT2D eigenvalue weighted by atomic mass is 32.2. The fraction of sp³-hybridized carbons (Fsp3) is 0.500. The minimum atomic E-state index is -4.24. The van der Waals surface area contributed by atoms with E-state index in [0.29, 0.717) is 0 Å². The van der Waals surface area contributed by atoms with E-state index in [1.807, 2.05) is 0 Å². The second-order valence-electron chi connectivity index (χ2n) is 5.35. The molecule has 3 N–H and O–H groups in total. The Balaban J connectivity index is 2.45. The molecule has 9 heteroatoms. The maximum atomic E-state index is 13.6. The third-order valence-corrected chi connectivity index (χ3v) is 5.34. The molecule has 1 aliphatic rings. The van der Waals surface area contributed by atoms with Gasteiger partial charge in [0.15, 0.2) is 4.90 Å². The van der Waals surface area contributed by atoms with E-state index < -0.39 is 36.9 Å². The van der Waals surface area contributed by atoms with Gasteiger partial charge in [-0.1, -0.05) is 6.07 Å². The van der Waals surface area contributed by atoms with Gasteiger partial charge in [-0.15, -0.1) is 0 Å². The van der Waals surface area contributed by atoms with Crippen molar-refractivity contribution in [3.63, 3.8) is 0 Å². The molecule has 0 bridgehead atoms. The first-order chi connectivity index (χ1) is 9.71. The summed E-state index contributed by atoms with van der Waals surface area (Å²) in [5, 5.41) is 10.9. The van der Waals surface area contributed by atoms with Crippen molar-refractivity contribution < 1.29 is 17.7 Å². The van der Waals surface area contributed by atoms with Crippen molar-refractivity contribution in [2.75, 3.05) is 6.54 Å². The highest BCUT2D eigenvalue weighted by Crippen LogP contribution is 2.40. The highest BCUT2D eigenvalue weighted by Gasteiger charge is 2.44. The Morgan fingerprint density at radius 3 is 2.62 bits per heavy atom. The molecule has 0 saturated heterocycles. The van der Waals surface area contributed by atoms with Crippen LogP contribution in [-0.4, -0.2) is 25.4 Å². The summed E-state index contributed by atoms with van der Waals surface area (Å²) in [7, 11) is -4.24. The lowest BCUT2D eigenvalue weighted by Gasteiger charge is -2.28. The normalized spacial score (nSPS) is 18.2. The summed E-state index contributed by atoms with van der Waals surface area (Å²) in [4.78, 5) is 9.19. The van der Waals surface area contributed by atoms with Crippen LogP contribution in [0.1, 0.15) is 19.8 Å². The molecule has 1 unspecified atom stereocenters. The number of para-hydroxylation sites is 1. The molecular formula is C12H16FN3O4S. The molecule has 1 fully saturated rings. The van der Waals surface area contributed by atoms with E-state index in [2.05, 4.69) is 4.72 Å². The van der Waals surface area contributed by atoms with Gasteiger partial charge in [0.2, 0.25) is 15.8 Å². The third-order valence-electron chi connectivity index (χ3n) is 3.69. The number of sulfonamides is 1. The Kier molecular flexibility index (Phi) is 4.00. The highest BCUT2D eigenvalue weighted by molar-refractivity contribution is 7.89. The van der Waals surface area contributed by atoms with Gasteiger partial charge in [0.05, 0.1) is 4.92 Å². The average Bonchev–Trinajstić information content (AvgIpc) is 3.22. The number of halogens is 1. The topological polar surface area (TPSA) is 115 Å². The zero-order chi connectivity index (χ0) is 15.8. The minimum absolute atomic E-state index is 0.0556. The van der Waals surface area contributed by atoms with Crippen molar-refractivity contribution in [3.8, 4) is 0 Å². The van der Waals surface area contributed by atoms with Crippen LogP contribution in [0.15, 0.2) is 23.1 Å². The van der Waals surface area contributed by atoms with E-state index in [4.69, 9.17) is 5.73 Å². The lowest BCUT2D eigenvalue weighted by atomic mass is 9.98. The molecule has 116 valence electrons. The summed E-state index contributed by atoms with van der Waals surface area (Å²) >= 11 is 0. The van der Waals surface area contributed by atoms with E-state index in [-0.39, 0.29) is 12.5 Å². The van der Waals surface area contributed by atoms with Crippen LogP contribution in [0.2, 0.25) is 0 Å². The second kappa shape index (κ2) is 5.32. The Labute approximate surface area is 121 Å². The summed E-state index contributed by atoms with van der Waals surface area (Å²) in [5.41, 5.74) is 3.68. The number of nitrogens with two attached hydrogens (primary N) is 1. The molecular weight excluding hydrogens is 301 g/mol. The number of rotatable bonds is 6. The number of nitro benzene ring substituents is 1. The van der Waals surface area contributed by atoms with Gasteiger partial charge in [-0.25, -0.2) is 13.1 Å². The number of nitrogens with zero attached hydrogens (tertiary/aromatic N) is 1. The fourth-order valence-corrected chi connectivity index (χ4v) is 3.92. The molecule has 21 heavy (non-hydrogen) atoms. The molecule has 0 amide bonds. The Bertz CT molecular complexity index is 675. The summed E-state index contributed by atoms with van der Waals surface area (Å²) in [6, 6.07) is 2.97. The van der Waals surface area contributed by atoms with Crippen LogP contribution in [0.5, 0.6) is 0 Å². The third kappa shape index (κ3) is 3.04. The Morgan fingerprint density at radius 2 is 2.14 bits per heavy atom. The van der Waals surface area contributed by atoms with Crippen LogP contribution in [-0.2, 0) is 10.0 Å².